The fourth-order valence-electron chi connectivity index (χ4n) is 4.73. The molecule has 2 aromatic heterocycles. The molecular weight excluding hydrogens is 452 g/mol. The molecule has 1 aliphatic heterocycles. The number of amides is 1. The average Bonchev–Trinajstić information content (AvgIpc) is 3.31. The number of benzene rings is 3. The van der Waals surface area contributed by atoms with Crippen LogP contribution in [0.5, 0.6) is 0 Å². The number of piperazine rings is 1. The monoisotopic (exact) mass is 478 g/mol. The van der Waals surface area contributed by atoms with Crippen molar-refractivity contribution in [2.24, 2.45) is 0 Å². The predicted molar refractivity (Wildman–Crippen MR) is 143 cm³/mol. The minimum atomic E-state index is 0.0832. The summed E-state index contributed by atoms with van der Waals surface area (Å²) in [7, 11) is 0. The predicted octanol–water partition coefficient (Wildman–Crippen LogP) is 5.78. The van der Waals surface area contributed by atoms with Crippen LogP contribution in [0.4, 0.5) is 0 Å². The molecule has 1 aliphatic rings. The average molecular weight is 479 g/mol. The maximum atomic E-state index is 13.8. The molecule has 1 amide bonds. The van der Waals surface area contributed by atoms with Gasteiger partial charge in [-0.1, -0.05) is 54.1 Å². The van der Waals surface area contributed by atoms with Crippen molar-refractivity contribution in [3.05, 3.63) is 95.0 Å². The van der Waals surface area contributed by atoms with E-state index in [1.54, 1.807) is 11.3 Å². The minimum absolute atomic E-state index is 0.0832. The van der Waals surface area contributed by atoms with Gasteiger partial charge in [0.05, 0.1) is 33.5 Å². The number of aromatic nitrogens is 2. The van der Waals surface area contributed by atoms with Gasteiger partial charge in [0.25, 0.3) is 5.91 Å². The largest absolute Gasteiger partial charge is 0.336 e. The molecule has 1 fully saturated rings. The van der Waals surface area contributed by atoms with Gasteiger partial charge >= 0.3 is 0 Å². The van der Waals surface area contributed by atoms with Gasteiger partial charge in [-0.25, -0.2) is 9.97 Å². The van der Waals surface area contributed by atoms with Crippen LogP contribution >= 0.6 is 11.3 Å². The van der Waals surface area contributed by atoms with E-state index in [2.05, 4.69) is 42.2 Å². The van der Waals surface area contributed by atoms with E-state index in [-0.39, 0.29) is 5.91 Å². The second-order valence-electron chi connectivity index (χ2n) is 9.09. The van der Waals surface area contributed by atoms with Gasteiger partial charge in [-0.3, -0.25) is 9.69 Å². The second kappa shape index (κ2) is 9.21. The number of para-hydroxylation sites is 1. The Labute approximate surface area is 208 Å². The Morgan fingerprint density at radius 3 is 2.43 bits per heavy atom. The summed E-state index contributed by atoms with van der Waals surface area (Å²) in [4.78, 5) is 27.8. The molecule has 0 bridgehead atoms. The smallest absolute Gasteiger partial charge is 0.254 e. The van der Waals surface area contributed by atoms with Crippen LogP contribution in [0.15, 0.2) is 78.9 Å². The summed E-state index contributed by atoms with van der Waals surface area (Å²) in [6, 6.07) is 26.5. The molecule has 6 rings (SSSR count). The Kier molecular flexibility index (Phi) is 5.76. The van der Waals surface area contributed by atoms with Crippen molar-refractivity contribution in [2.75, 3.05) is 26.2 Å². The Hall–Kier alpha value is -3.61. The number of nitrogens with zero attached hydrogens (tertiary/aromatic N) is 4. The van der Waals surface area contributed by atoms with Crippen molar-refractivity contribution >= 4 is 38.4 Å². The molecule has 6 heteroatoms. The zero-order valence-electron chi connectivity index (χ0n) is 19.6. The summed E-state index contributed by atoms with van der Waals surface area (Å²) < 4.78 is 1.23. The molecule has 174 valence electrons. The first-order valence-electron chi connectivity index (χ1n) is 12.0. The number of rotatable bonds is 4. The highest BCUT2D eigenvalue weighted by molar-refractivity contribution is 7.18. The molecule has 0 aliphatic carbocycles. The number of carbonyl (C=O) groups excluding carboxylic acids is 1. The fourth-order valence-corrected chi connectivity index (χ4v) is 5.74. The maximum Gasteiger partial charge on any atom is 0.254 e. The van der Waals surface area contributed by atoms with Gasteiger partial charge in [0.2, 0.25) is 0 Å². The minimum Gasteiger partial charge on any atom is -0.336 e. The number of carbonyl (C=O) groups is 1. The van der Waals surface area contributed by atoms with Crippen LogP contribution in [0.3, 0.4) is 0 Å². The van der Waals surface area contributed by atoms with Gasteiger partial charge in [-0.2, -0.15) is 0 Å². The van der Waals surface area contributed by atoms with Crippen molar-refractivity contribution in [1.82, 2.24) is 19.8 Å². The Morgan fingerprint density at radius 2 is 1.63 bits per heavy atom. The summed E-state index contributed by atoms with van der Waals surface area (Å²) in [5.41, 5.74) is 5.63. The molecule has 0 atom stereocenters. The number of pyridine rings is 1. The van der Waals surface area contributed by atoms with Gasteiger partial charge in [0.15, 0.2) is 0 Å². The van der Waals surface area contributed by atoms with E-state index in [1.807, 2.05) is 53.4 Å². The van der Waals surface area contributed by atoms with Crippen molar-refractivity contribution in [2.45, 2.75) is 13.5 Å². The van der Waals surface area contributed by atoms with Gasteiger partial charge in [0.1, 0.15) is 5.01 Å². The number of thiazole rings is 1. The Morgan fingerprint density at radius 1 is 0.857 bits per heavy atom. The molecule has 5 nitrogen and oxygen atoms in total. The van der Waals surface area contributed by atoms with E-state index in [9.17, 15) is 4.79 Å². The lowest BCUT2D eigenvalue weighted by Crippen LogP contribution is -2.48. The van der Waals surface area contributed by atoms with E-state index in [0.29, 0.717) is 13.1 Å². The summed E-state index contributed by atoms with van der Waals surface area (Å²) in [6.45, 7) is 5.99. The van der Waals surface area contributed by atoms with Gasteiger partial charge in [0, 0.05) is 37.1 Å². The molecule has 0 saturated carbocycles. The zero-order valence-corrected chi connectivity index (χ0v) is 20.5. The van der Waals surface area contributed by atoms with Crippen LogP contribution < -0.4 is 0 Å². The van der Waals surface area contributed by atoms with Crippen LogP contribution in [0, 0.1) is 6.92 Å². The maximum absolute atomic E-state index is 13.8. The van der Waals surface area contributed by atoms with Gasteiger partial charge in [-0.15, -0.1) is 11.3 Å². The van der Waals surface area contributed by atoms with E-state index in [4.69, 9.17) is 9.97 Å². The second-order valence-corrected chi connectivity index (χ2v) is 10.2. The highest BCUT2D eigenvalue weighted by Gasteiger charge is 2.25. The topological polar surface area (TPSA) is 49.3 Å². The molecule has 1 saturated heterocycles. The zero-order chi connectivity index (χ0) is 23.8. The standard InChI is InChI=1S/C29H26N4OS/c1-20-11-12-24-22(17-20)23(18-26(30-24)21-7-3-2-4-8-21)29(34)33-15-13-32(14-16-33)19-28-31-25-9-5-6-10-27(25)35-28/h2-12,17-18H,13-16,19H2,1H3. The van der Waals surface area contributed by atoms with Crippen LogP contribution in [0.2, 0.25) is 0 Å². The third-order valence-corrected chi connectivity index (χ3v) is 7.64. The van der Waals surface area contributed by atoms with Gasteiger partial charge in [-0.05, 0) is 37.3 Å². The lowest BCUT2D eigenvalue weighted by atomic mass is 10.0. The SMILES string of the molecule is Cc1ccc2nc(-c3ccccc3)cc(C(=O)N3CCN(Cc4nc5ccccc5s4)CC3)c2c1. The third kappa shape index (κ3) is 4.43. The van der Waals surface area contributed by atoms with Crippen LogP contribution in [-0.4, -0.2) is 51.9 Å². The van der Waals surface area contributed by atoms with Crippen molar-refractivity contribution in [3.63, 3.8) is 0 Å². The molecule has 3 heterocycles. The summed E-state index contributed by atoms with van der Waals surface area (Å²) in [5.74, 6) is 0.0832. The van der Waals surface area contributed by atoms with Crippen molar-refractivity contribution in [3.8, 4) is 11.3 Å². The van der Waals surface area contributed by atoms with Crippen molar-refractivity contribution < 1.29 is 4.79 Å². The van der Waals surface area contributed by atoms with E-state index in [1.165, 1.54) is 4.70 Å². The molecule has 0 N–H and O–H groups in total. The molecule has 3 aromatic carbocycles. The van der Waals surface area contributed by atoms with Crippen molar-refractivity contribution in [1.29, 1.82) is 0 Å². The summed E-state index contributed by atoms with van der Waals surface area (Å²) in [6.07, 6.45) is 0. The molecule has 5 aromatic rings. The van der Waals surface area contributed by atoms with Crippen LogP contribution in [0.1, 0.15) is 20.9 Å². The lowest BCUT2D eigenvalue weighted by molar-refractivity contribution is 0.0630. The van der Waals surface area contributed by atoms with Gasteiger partial charge < -0.3 is 4.90 Å². The lowest BCUT2D eigenvalue weighted by Gasteiger charge is -2.34. The van der Waals surface area contributed by atoms with E-state index in [0.717, 1.165) is 63.4 Å². The molecular formula is C29H26N4OS. The first-order chi connectivity index (χ1) is 17.1. The first kappa shape index (κ1) is 21.9. The highest BCUT2D eigenvalue weighted by Crippen LogP contribution is 2.28. The summed E-state index contributed by atoms with van der Waals surface area (Å²) in [5, 5.41) is 2.06. The van der Waals surface area contributed by atoms with E-state index < -0.39 is 0 Å². The highest BCUT2D eigenvalue weighted by atomic mass is 32.1. The molecule has 0 radical (unpaired) electrons. The summed E-state index contributed by atoms with van der Waals surface area (Å²) >= 11 is 1.76. The number of hydrogen-bond donors (Lipinski definition) is 0. The Balaban J connectivity index is 1.23. The van der Waals surface area contributed by atoms with E-state index >= 15 is 0 Å². The molecule has 0 unspecified atom stereocenters. The normalized spacial score (nSPS) is 14.6. The Bertz CT molecular complexity index is 1490. The first-order valence-corrected chi connectivity index (χ1v) is 12.8. The molecule has 35 heavy (non-hydrogen) atoms. The third-order valence-electron chi connectivity index (χ3n) is 6.62. The molecule has 0 spiro atoms. The van der Waals surface area contributed by atoms with Crippen LogP contribution in [0.25, 0.3) is 32.4 Å². The quantitative estimate of drug-likeness (QED) is 0.329. The number of hydrogen-bond acceptors (Lipinski definition) is 5. The number of aryl methyl sites for hydroxylation is 1. The van der Waals surface area contributed by atoms with Crippen LogP contribution in [-0.2, 0) is 6.54 Å². The number of fused-ring (bicyclic) bond motifs is 2. The fraction of sp³-hybridized carbons (Fsp3) is 0.207.